The molecule has 0 aliphatic carbocycles. The van der Waals surface area contributed by atoms with Gasteiger partial charge in [0.05, 0.1) is 24.6 Å². The van der Waals surface area contributed by atoms with Gasteiger partial charge in [-0.25, -0.2) is 8.42 Å². The van der Waals surface area contributed by atoms with Crippen LogP contribution in [-0.2, 0) is 16.6 Å². The van der Waals surface area contributed by atoms with Crippen molar-refractivity contribution in [3.05, 3.63) is 40.5 Å². The molecule has 0 spiro atoms. The lowest BCUT2D eigenvalue weighted by atomic mass is 10.3. The number of sulfonamides is 1. The lowest BCUT2D eigenvalue weighted by Gasteiger charge is -2.15. The Morgan fingerprint density at radius 3 is 2.73 bits per heavy atom. The predicted octanol–water partition coefficient (Wildman–Crippen LogP) is 0.807. The second kappa shape index (κ2) is 6.07. The number of hydrogen-bond donors (Lipinski definition) is 0. The van der Waals surface area contributed by atoms with Gasteiger partial charge in [0.15, 0.2) is 10.7 Å². The number of ether oxygens (including phenoxy) is 1. The number of rotatable bonds is 6. The van der Waals surface area contributed by atoms with Crippen LogP contribution in [0.1, 0.15) is 5.82 Å². The molecule has 1 heterocycles. The molecule has 0 aliphatic rings. The fourth-order valence-corrected chi connectivity index (χ4v) is 2.96. The zero-order valence-corrected chi connectivity index (χ0v) is 12.5. The maximum atomic E-state index is 12.5. The van der Waals surface area contributed by atoms with Gasteiger partial charge in [0.25, 0.3) is 5.69 Å². The summed E-state index contributed by atoms with van der Waals surface area (Å²) in [7, 11) is -1.51. The highest BCUT2D eigenvalue weighted by Gasteiger charge is 2.30. The van der Waals surface area contributed by atoms with Crippen molar-refractivity contribution >= 4 is 15.7 Å². The average molecular weight is 328 g/mol. The normalized spacial score (nSPS) is 11.6. The number of nitro benzene ring substituents is 1. The Bertz CT molecular complexity index is 774. The van der Waals surface area contributed by atoms with Crippen LogP contribution in [0.4, 0.5) is 5.69 Å². The molecule has 0 saturated carbocycles. The first-order valence-corrected chi connectivity index (χ1v) is 7.34. The van der Waals surface area contributed by atoms with Crippen molar-refractivity contribution in [1.82, 2.24) is 14.4 Å². The molecule has 0 N–H and O–H groups in total. The molecule has 11 heteroatoms. The molecule has 2 rings (SSSR count). The van der Waals surface area contributed by atoms with Crippen molar-refractivity contribution in [2.45, 2.75) is 11.4 Å². The first-order chi connectivity index (χ1) is 10.4. The summed E-state index contributed by atoms with van der Waals surface area (Å²) in [4.78, 5) is 13.6. The minimum absolute atomic E-state index is 0.141. The van der Waals surface area contributed by atoms with E-state index in [9.17, 15) is 18.5 Å². The van der Waals surface area contributed by atoms with E-state index in [0.29, 0.717) is 0 Å². The molecular formula is C11H12N4O6S. The topological polar surface area (TPSA) is 129 Å². The lowest BCUT2D eigenvalue weighted by molar-refractivity contribution is -0.387. The van der Waals surface area contributed by atoms with Crippen LogP contribution in [-0.4, -0.2) is 41.9 Å². The molecule has 0 radical (unpaired) electrons. The highest BCUT2D eigenvalue weighted by atomic mass is 32.2. The third-order valence-electron chi connectivity index (χ3n) is 2.82. The monoisotopic (exact) mass is 328 g/mol. The number of nitrogens with zero attached hydrogens (tertiary/aromatic N) is 4. The second-order valence-corrected chi connectivity index (χ2v) is 6.21. The van der Waals surface area contributed by atoms with Crippen LogP contribution in [0.2, 0.25) is 0 Å². The predicted molar refractivity (Wildman–Crippen MR) is 72.6 cm³/mol. The Hall–Kier alpha value is -2.53. The van der Waals surface area contributed by atoms with Crippen LogP contribution in [0.15, 0.2) is 34.0 Å². The van der Waals surface area contributed by atoms with Crippen molar-refractivity contribution in [1.29, 1.82) is 0 Å². The molecule has 0 saturated heterocycles. The van der Waals surface area contributed by atoms with Crippen LogP contribution in [0.5, 0.6) is 5.75 Å². The molecule has 22 heavy (non-hydrogen) atoms. The summed E-state index contributed by atoms with van der Waals surface area (Å²) in [6.07, 6.45) is 1.06. The summed E-state index contributed by atoms with van der Waals surface area (Å²) in [6.45, 7) is -0.179. The average Bonchev–Trinajstić information content (AvgIpc) is 2.99. The largest absolute Gasteiger partial charge is 0.497 e. The highest BCUT2D eigenvalue weighted by Crippen LogP contribution is 2.30. The summed E-state index contributed by atoms with van der Waals surface area (Å²) < 4.78 is 35.2. The maximum Gasteiger partial charge on any atom is 0.293 e. The summed E-state index contributed by atoms with van der Waals surface area (Å²) in [5, 5.41) is 14.6. The number of nitro groups is 1. The minimum Gasteiger partial charge on any atom is -0.497 e. The quantitative estimate of drug-likeness (QED) is 0.562. The van der Waals surface area contributed by atoms with E-state index < -0.39 is 25.5 Å². The summed E-state index contributed by atoms with van der Waals surface area (Å²) in [6, 6.07) is 3.51. The molecule has 1 aromatic carbocycles. The summed E-state index contributed by atoms with van der Waals surface area (Å²) in [5.41, 5.74) is -0.570. The van der Waals surface area contributed by atoms with Crippen molar-refractivity contribution < 1.29 is 22.6 Å². The molecule has 0 bridgehead atoms. The van der Waals surface area contributed by atoms with Gasteiger partial charge < -0.3 is 9.26 Å². The van der Waals surface area contributed by atoms with Gasteiger partial charge in [0.2, 0.25) is 16.4 Å². The standard InChI is InChI=1S/C11H12N4O6S/c1-14(6-11-12-7-21-13-11)22(18,19)10-4-3-8(20-2)5-9(10)15(16)17/h3-5,7H,6H2,1-2H3. The molecule has 118 valence electrons. The Balaban J connectivity index is 2.42. The Morgan fingerprint density at radius 2 is 2.18 bits per heavy atom. The number of benzene rings is 1. The smallest absolute Gasteiger partial charge is 0.293 e. The van der Waals surface area contributed by atoms with E-state index in [1.165, 1.54) is 20.2 Å². The number of methoxy groups -OCH3 is 1. The van der Waals surface area contributed by atoms with E-state index in [4.69, 9.17) is 4.74 Å². The summed E-state index contributed by atoms with van der Waals surface area (Å²) in [5.74, 6) is 0.328. The van der Waals surface area contributed by atoms with Crippen LogP contribution in [0.25, 0.3) is 0 Å². The van der Waals surface area contributed by atoms with Crippen LogP contribution >= 0.6 is 0 Å². The van der Waals surface area contributed by atoms with E-state index >= 15 is 0 Å². The Kier molecular flexibility index (Phi) is 4.37. The third kappa shape index (κ3) is 3.04. The first-order valence-electron chi connectivity index (χ1n) is 5.90. The van der Waals surface area contributed by atoms with Crippen molar-refractivity contribution in [3.63, 3.8) is 0 Å². The van der Waals surface area contributed by atoms with Gasteiger partial charge in [-0.05, 0) is 12.1 Å². The molecule has 10 nitrogen and oxygen atoms in total. The number of aromatic nitrogens is 2. The first kappa shape index (κ1) is 15.9. The second-order valence-electron chi connectivity index (χ2n) is 4.20. The maximum absolute atomic E-state index is 12.5. The van der Waals surface area contributed by atoms with Gasteiger partial charge in [0, 0.05) is 7.05 Å². The molecule has 0 unspecified atom stereocenters. The van der Waals surface area contributed by atoms with E-state index in [1.807, 2.05) is 0 Å². The number of hydrogen-bond acceptors (Lipinski definition) is 8. The summed E-state index contributed by atoms with van der Waals surface area (Å²) >= 11 is 0. The highest BCUT2D eigenvalue weighted by molar-refractivity contribution is 7.89. The minimum atomic E-state index is -4.10. The molecule has 2 aromatic rings. The van der Waals surface area contributed by atoms with Gasteiger partial charge in [0.1, 0.15) is 5.75 Å². The SMILES string of the molecule is COc1ccc(S(=O)(=O)N(C)Cc2ncon2)c([N+](=O)[O-])c1. The van der Waals surface area contributed by atoms with E-state index in [1.54, 1.807) is 0 Å². The molecule has 0 aliphatic heterocycles. The Morgan fingerprint density at radius 1 is 1.45 bits per heavy atom. The molecule has 1 aromatic heterocycles. The van der Waals surface area contributed by atoms with Gasteiger partial charge in [-0.1, -0.05) is 5.16 Å². The van der Waals surface area contributed by atoms with Gasteiger partial charge >= 0.3 is 0 Å². The van der Waals surface area contributed by atoms with Crippen molar-refractivity contribution in [3.8, 4) is 5.75 Å². The van der Waals surface area contributed by atoms with Gasteiger partial charge in [-0.15, -0.1) is 0 Å². The van der Waals surface area contributed by atoms with Gasteiger partial charge in [-0.3, -0.25) is 10.1 Å². The van der Waals surface area contributed by atoms with E-state index in [0.717, 1.165) is 22.8 Å². The van der Waals surface area contributed by atoms with Crippen molar-refractivity contribution in [2.75, 3.05) is 14.2 Å². The van der Waals surface area contributed by atoms with Crippen molar-refractivity contribution in [2.24, 2.45) is 0 Å². The molecule has 0 amide bonds. The zero-order chi connectivity index (χ0) is 16.3. The van der Waals surface area contributed by atoms with Gasteiger partial charge in [-0.2, -0.15) is 9.29 Å². The third-order valence-corrected chi connectivity index (χ3v) is 4.67. The Labute approximate surface area is 125 Å². The van der Waals surface area contributed by atoms with E-state index in [-0.39, 0.29) is 18.1 Å². The van der Waals surface area contributed by atoms with Crippen LogP contribution < -0.4 is 4.74 Å². The fraction of sp³-hybridized carbons (Fsp3) is 0.273. The zero-order valence-electron chi connectivity index (χ0n) is 11.7. The molecule has 0 atom stereocenters. The fourth-order valence-electron chi connectivity index (χ4n) is 1.70. The van der Waals surface area contributed by atoms with E-state index in [2.05, 4.69) is 14.7 Å². The van der Waals surface area contributed by atoms with Crippen LogP contribution in [0, 0.1) is 10.1 Å². The molecule has 0 fully saturated rings. The van der Waals surface area contributed by atoms with Crippen LogP contribution in [0.3, 0.4) is 0 Å². The lowest BCUT2D eigenvalue weighted by Crippen LogP contribution is -2.27. The molecular weight excluding hydrogens is 316 g/mol.